The molecule has 6 nitrogen and oxygen atoms in total. The lowest BCUT2D eigenvalue weighted by molar-refractivity contribution is -0.132. The summed E-state index contributed by atoms with van der Waals surface area (Å²) < 4.78 is 6.91. The van der Waals surface area contributed by atoms with Gasteiger partial charge in [0.25, 0.3) is 0 Å². The lowest BCUT2D eigenvalue weighted by Gasteiger charge is -2.25. The molecule has 30 heavy (non-hydrogen) atoms. The van der Waals surface area contributed by atoms with Gasteiger partial charge in [-0.2, -0.15) is 0 Å². The summed E-state index contributed by atoms with van der Waals surface area (Å²) in [5.74, 6) is -0.0552. The molecule has 1 aliphatic carbocycles. The molecule has 1 amide bonds. The van der Waals surface area contributed by atoms with Gasteiger partial charge in [-0.05, 0) is 56.9 Å². The number of hydrogen-bond acceptors (Lipinski definition) is 4. The van der Waals surface area contributed by atoms with Crippen molar-refractivity contribution in [2.24, 2.45) is 18.9 Å². The number of Topliss-reactive ketones (excluding diaryl/α,β-unsaturated/α-hetero) is 1. The molecule has 3 unspecified atom stereocenters. The number of allylic oxidation sites excluding steroid dienone is 1. The number of amides is 1. The maximum absolute atomic E-state index is 13.3. The van der Waals surface area contributed by atoms with Crippen LogP contribution in [0.5, 0.6) is 0 Å². The monoisotopic (exact) mass is 414 g/mol. The lowest BCUT2D eigenvalue weighted by atomic mass is 9.89. The van der Waals surface area contributed by atoms with E-state index in [2.05, 4.69) is 25.2 Å². The van der Waals surface area contributed by atoms with E-state index in [1.807, 2.05) is 0 Å². The Morgan fingerprint density at radius 1 is 1.27 bits per heavy atom. The van der Waals surface area contributed by atoms with E-state index in [1.165, 1.54) is 16.2 Å². The number of epoxide rings is 1. The molecule has 1 N–H and O–H groups in total. The minimum Gasteiger partial charge on any atom is -0.361 e. The molecule has 2 aliphatic rings. The number of aromatic nitrogens is 1. The summed E-state index contributed by atoms with van der Waals surface area (Å²) in [7, 11) is 1.71. The minimum atomic E-state index is -0.762. The second kappa shape index (κ2) is 9.29. The molecule has 1 fully saturated rings. The first kappa shape index (κ1) is 22.5. The van der Waals surface area contributed by atoms with Gasteiger partial charge < -0.3 is 14.6 Å². The van der Waals surface area contributed by atoms with Gasteiger partial charge in [-0.1, -0.05) is 31.6 Å². The number of hydrogen-bond donors (Lipinski definition) is 1. The molecule has 1 aliphatic heterocycles. The number of pyridine rings is 1. The number of carbonyl (C=O) groups is 2. The molecule has 164 valence electrons. The average Bonchev–Trinajstić information content (AvgIpc) is 3.22. The van der Waals surface area contributed by atoms with Gasteiger partial charge in [-0.3, -0.25) is 14.4 Å². The zero-order chi connectivity index (χ0) is 21.9. The molecule has 3 atom stereocenters. The van der Waals surface area contributed by atoms with Crippen molar-refractivity contribution in [3.63, 3.8) is 0 Å². The number of nitrogens with one attached hydrogen (secondary N) is 1. The van der Waals surface area contributed by atoms with Crippen LogP contribution in [0.1, 0.15) is 58.4 Å². The third-order valence-electron chi connectivity index (χ3n) is 6.09. The van der Waals surface area contributed by atoms with Crippen LogP contribution in [0.25, 0.3) is 0 Å². The first-order valence-corrected chi connectivity index (χ1v) is 11.0. The SMILES string of the molecule is CC(C)CC(Cc1ccc(=O)n(C)c1)C(=O)NC(CC1=CCCC1)C(=O)C1(C)CO1. The fourth-order valence-electron chi connectivity index (χ4n) is 4.21. The molecule has 0 bridgehead atoms. The van der Waals surface area contributed by atoms with Crippen molar-refractivity contribution in [1.82, 2.24) is 9.88 Å². The van der Waals surface area contributed by atoms with Gasteiger partial charge in [0.2, 0.25) is 11.5 Å². The Morgan fingerprint density at radius 3 is 2.57 bits per heavy atom. The number of aryl methyl sites for hydroxylation is 1. The Balaban J connectivity index is 1.75. The van der Waals surface area contributed by atoms with Gasteiger partial charge in [0, 0.05) is 25.2 Å². The fraction of sp³-hybridized carbons (Fsp3) is 0.625. The van der Waals surface area contributed by atoms with Gasteiger partial charge in [-0.15, -0.1) is 0 Å². The number of nitrogens with zero attached hydrogens (tertiary/aromatic N) is 1. The lowest BCUT2D eigenvalue weighted by Crippen LogP contribution is -2.48. The van der Waals surface area contributed by atoms with Crippen molar-refractivity contribution in [3.05, 3.63) is 45.9 Å². The predicted molar refractivity (Wildman–Crippen MR) is 116 cm³/mol. The first-order chi connectivity index (χ1) is 14.2. The van der Waals surface area contributed by atoms with E-state index in [9.17, 15) is 14.4 Å². The third-order valence-corrected chi connectivity index (χ3v) is 6.09. The second-order valence-corrected chi connectivity index (χ2v) is 9.42. The summed E-state index contributed by atoms with van der Waals surface area (Å²) in [6.45, 7) is 6.40. The molecule has 0 aromatic carbocycles. The van der Waals surface area contributed by atoms with Crippen LogP contribution in [0.4, 0.5) is 0 Å². The Morgan fingerprint density at radius 2 is 2.00 bits per heavy atom. The van der Waals surface area contributed by atoms with E-state index in [-0.39, 0.29) is 23.2 Å². The summed E-state index contributed by atoms with van der Waals surface area (Å²) in [6, 6.07) is 2.77. The minimum absolute atomic E-state index is 0.0333. The highest BCUT2D eigenvalue weighted by Gasteiger charge is 2.50. The molecule has 1 aromatic heterocycles. The molecule has 0 radical (unpaired) electrons. The van der Waals surface area contributed by atoms with Crippen molar-refractivity contribution in [2.45, 2.75) is 70.9 Å². The van der Waals surface area contributed by atoms with Crippen LogP contribution in [-0.4, -0.2) is 34.5 Å². The topological polar surface area (TPSA) is 80.7 Å². The van der Waals surface area contributed by atoms with Crippen molar-refractivity contribution >= 4 is 11.7 Å². The van der Waals surface area contributed by atoms with E-state index >= 15 is 0 Å². The van der Waals surface area contributed by atoms with Crippen molar-refractivity contribution in [1.29, 1.82) is 0 Å². The molecule has 1 saturated heterocycles. The molecule has 1 aromatic rings. The normalized spacial score (nSPS) is 22.5. The van der Waals surface area contributed by atoms with E-state index in [0.29, 0.717) is 31.8 Å². The van der Waals surface area contributed by atoms with Crippen molar-refractivity contribution in [2.75, 3.05) is 6.61 Å². The van der Waals surface area contributed by atoms with Crippen molar-refractivity contribution in [3.8, 4) is 0 Å². The maximum atomic E-state index is 13.3. The zero-order valence-electron chi connectivity index (χ0n) is 18.6. The van der Waals surface area contributed by atoms with E-state index in [1.54, 1.807) is 26.2 Å². The van der Waals surface area contributed by atoms with Crippen LogP contribution >= 0.6 is 0 Å². The van der Waals surface area contributed by atoms with E-state index in [4.69, 9.17) is 4.74 Å². The summed E-state index contributed by atoms with van der Waals surface area (Å²) >= 11 is 0. The molecular formula is C24H34N2O4. The molecular weight excluding hydrogens is 380 g/mol. The van der Waals surface area contributed by atoms with Crippen LogP contribution in [0.15, 0.2) is 34.8 Å². The third kappa shape index (κ3) is 5.69. The maximum Gasteiger partial charge on any atom is 0.250 e. The predicted octanol–water partition coefficient (Wildman–Crippen LogP) is 2.93. The van der Waals surface area contributed by atoms with Crippen LogP contribution in [-0.2, 0) is 27.8 Å². The number of rotatable bonds is 10. The highest BCUT2D eigenvalue weighted by molar-refractivity contribution is 5.97. The Labute approximate surface area is 178 Å². The van der Waals surface area contributed by atoms with Gasteiger partial charge in [-0.25, -0.2) is 0 Å². The summed E-state index contributed by atoms with van der Waals surface area (Å²) in [4.78, 5) is 38.0. The molecule has 0 saturated carbocycles. The van der Waals surface area contributed by atoms with Gasteiger partial charge in [0.05, 0.1) is 12.6 Å². The fourth-order valence-corrected chi connectivity index (χ4v) is 4.21. The Kier molecular flexibility index (Phi) is 6.96. The van der Waals surface area contributed by atoms with Crippen LogP contribution in [0.2, 0.25) is 0 Å². The Hall–Kier alpha value is -2.21. The standard InChI is InChI=1S/C24H34N2O4/c1-16(2)11-19(12-18-9-10-21(27)26(4)14-18)23(29)25-20(13-17-7-5-6-8-17)22(28)24(3)15-30-24/h7,9-10,14,16,19-20H,5-6,8,11-13,15H2,1-4H3,(H,25,29). The van der Waals surface area contributed by atoms with Gasteiger partial charge in [0.1, 0.15) is 5.60 Å². The summed E-state index contributed by atoms with van der Waals surface area (Å²) in [6.07, 6.45) is 8.94. The first-order valence-electron chi connectivity index (χ1n) is 11.0. The molecule has 6 heteroatoms. The van der Waals surface area contributed by atoms with Crippen molar-refractivity contribution < 1.29 is 14.3 Å². The number of carbonyl (C=O) groups excluding carboxylic acids is 2. The second-order valence-electron chi connectivity index (χ2n) is 9.42. The Bertz CT molecular complexity index is 879. The van der Waals surface area contributed by atoms with E-state index < -0.39 is 11.6 Å². The van der Waals surface area contributed by atoms with Gasteiger partial charge >= 0.3 is 0 Å². The zero-order valence-corrected chi connectivity index (χ0v) is 18.6. The highest BCUT2D eigenvalue weighted by atomic mass is 16.6. The molecule has 2 heterocycles. The van der Waals surface area contributed by atoms with Crippen LogP contribution in [0.3, 0.4) is 0 Å². The van der Waals surface area contributed by atoms with Crippen LogP contribution < -0.4 is 10.9 Å². The smallest absolute Gasteiger partial charge is 0.250 e. The summed E-state index contributed by atoms with van der Waals surface area (Å²) in [5.41, 5.74) is 1.35. The highest BCUT2D eigenvalue weighted by Crippen LogP contribution is 2.31. The average molecular weight is 415 g/mol. The van der Waals surface area contributed by atoms with E-state index in [0.717, 1.165) is 24.8 Å². The quantitative estimate of drug-likeness (QED) is 0.471. The molecule has 3 rings (SSSR count). The summed E-state index contributed by atoms with van der Waals surface area (Å²) in [5, 5.41) is 3.06. The molecule has 0 spiro atoms. The number of ether oxygens (including phenoxy) is 1. The van der Waals surface area contributed by atoms with Gasteiger partial charge in [0.15, 0.2) is 5.78 Å². The number of ketones is 1. The van der Waals surface area contributed by atoms with Crippen LogP contribution in [0, 0.1) is 11.8 Å². The largest absolute Gasteiger partial charge is 0.361 e.